The van der Waals surface area contributed by atoms with E-state index in [4.69, 9.17) is 22.9 Å². The van der Waals surface area contributed by atoms with Crippen molar-refractivity contribution in [2.75, 3.05) is 38.3 Å². The molecule has 0 saturated heterocycles. The number of Topliss-reactive ketones (excluding diaryl/α,β-unsaturated/α-hetero) is 7. The first-order valence-corrected chi connectivity index (χ1v) is 32.6. The lowest BCUT2D eigenvalue weighted by atomic mass is 9.80. The van der Waals surface area contributed by atoms with E-state index in [2.05, 4.69) is 35.4 Å². The summed E-state index contributed by atoms with van der Waals surface area (Å²) >= 11 is 0. The SMILES string of the molecule is CC[C@H](C)[C@H](N)C(=O)C[C@H](Cc1cnc[nH]1)C(=O)C[C@@H](CCS(C)=O)C(=O)C[C@H](C(=O)N[C@@H](Cc1ccc(O)cc1)C(=O)C[C@@H](CO)C(=O)N[C@@H](CCCCN)C(=O)C[C@H](CCCN=C(N)N)C(=O)N[C@@H](COP(=O)(O)O)C(=O)CCC(C)=O)C(C)C. The fraction of sp³-hybridized carbons (Fsp3) is 0.655. The van der Waals surface area contributed by atoms with E-state index in [1.807, 2.05) is 13.8 Å². The van der Waals surface area contributed by atoms with E-state index in [0.29, 0.717) is 24.1 Å². The van der Waals surface area contributed by atoms with Gasteiger partial charge in [-0.25, -0.2) is 9.55 Å². The Balaban J connectivity index is 2.51. The van der Waals surface area contributed by atoms with Gasteiger partial charge in [0.15, 0.2) is 29.1 Å². The first-order chi connectivity index (χ1) is 40.9. The number of carbonyl (C=O) groups is 10. The van der Waals surface area contributed by atoms with Gasteiger partial charge in [0.2, 0.25) is 17.7 Å². The molecule has 0 radical (unpaired) electrons. The number of amides is 3. The number of aliphatic hydroxyl groups is 1. The van der Waals surface area contributed by atoms with Crippen molar-refractivity contribution in [2.24, 2.45) is 69.4 Å². The number of nitrogens with one attached hydrogen (secondary N) is 4. The Labute approximate surface area is 511 Å². The van der Waals surface area contributed by atoms with Gasteiger partial charge in [0.25, 0.3) is 0 Å². The number of benzene rings is 1. The minimum Gasteiger partial charge on any atom is -0.508 e. The van der Waals surface area contributed by atoms with E-state index in [1.54, 1.807) is 13.8 Å². The topological polar surface area (TPSA) is 476 Å². The smallest absolute Gasteiger partial charge is 0.469 e. The molecule has 27 nitrogen and oxygen atoms in total. The van der Waals surface area contributed by atoms with Crippen LogP contribution in [-0.2, 0) is 80.7 Å². The van der Waals surface area contributed by atoms with Crippen LogP contribution >= 0.6 is 7.82 Å². The molecule has 0 spiro atoms. The number of nitrogens with two attached hydrogens (primary N) is 4. The molecule has 0 aliphatic rings. The van der Waals surface area contributed by atoms with E-state index >= 15 is 0 Å². The number of unbranched alkanes of at least 4 members (excludes halogenated alkanes) is 1. The molecule has 0 bridgehead atoms. The number of phenols is 1. The molecule has 29 heteroatoms. The number of ketones is 7. The van der Waals surface area contributed by atoms with Crippen LogP contribution in [0.25, 0.3) is 0 Å². The third-order valence-electron chi connectivity index (χ3n) is 15.2. The van der Waals surface area contributed by atoms with Crippen molar-refractivity contribution in [3.8, 4) is 5.75 Å². The number of aromatic hydroxyl groups is 1. The van der Waals surface area contributed by atoms with E-state index in [-0.39, 0.29) is 112 Å². The van der Waals surface area contributed by atoms with Crippen molar-refractivity contribution in [1.29, 1.82) is 0 Å². The highest BCUT2D eigenvalue weighted by Gasteiger charge is 2.37. The average Bonchev–Trinajstić information content (AvgIpc) is 3.24. The molecule has 2 rings (SSSR count). The Hall–Kier alpha value is -6.26. The predicted molar refractivity (Wildman–Crippen MR) is 324 cm³/mol. The van der Waals surface area contributed by atoms with Gasteiger partial charge in [0.1, 0.15) is 29.1 Å². The minimum absolute atomic E-state index is 0.00334. The van der Waals surface area contributed by atoms with Crippen molar-refractivity contribution in [3.63, 3.8) is 0 Å². The number of aromatic amines is 1. The molecule has 3 amide bonds. The molecule has 1 unspecified atom stereocenters. The van der Waals surface area contributed by atoms with Gasteiger partial charge in [0.05, 0.1) is 43.6 Å². The molecule has 1 heterocycles. The summed E-state index contributed by atoms with van der Waals surface area (Å²) in [5.74, 6) is -13.3. The van der Waals surface area contributed by atoms with Crippen molar-refractivity contribution >= 4 is 82.8 Å². The van der Waals surface area contributed by atoms with Crippen molar-refractivity contribution in [1.82, 2.24) is 25.9 Å². The second-order valence-electron chi connectivity index (χ2n) is 22.7. The zero-order valence-electron chi connectivity index (χ0n) is 50.8. The summed E-state index contributed by atoms with van der Waals surface area (Å²) in [4.78, 5) is 168. The quantitative estimate of drug-likeness (QED) is 0.0192. The molecule has 2 aromatic rings. The summed E-state index contributed by atoms with van der Waals surface area (Å²) < 4.78 is 28.6. The standard InChI is InChI=1S/C58H93N10O17PS/c1-7-35(4)54(60)53(77)27-40(24-42-30-63-33-65-42)49(73)25-38(19-22-87(6)84)50(74)29-44(34(2)3)57(80)67-46(23-37-14-16-43(71)17-15-37)52(76)28-41(31-69)56(79)66-45(12-8-9-20-59)51(75)26-39(11-10-21-64-58(61)62)55(78)68-47(32-85-86(81,82)83)48(72)18-13-36(5)70/h14-17,30,33-35,38-41,44-47,54,69,71H,7-13,18-29,31-32,59-60H2,1-6H3,(H,63,65)(H,66,79)(H,67,80)(H,68,78)(H4,61,62,64)(H2,81,82,83)/t35-,38+,39-,40-,41-,44-,45-,46-,47-,54-,87?/m0/s1. The summed E-state index contributed by atoms with van der Waals surface area (Å²) in [5, 5.41) is 28.5. The number of phosphoric ester groups is 1. The Morgan fingerprint density at radius 2 is 1.31 bits per heavy atom. The number of aliphatic hydroxyl groups excluding tert-OH is 1. The van der Waals surface area contributed by atoms with Gasteiger partial charge < -0.3 is 68.7 Å². The van der Waals surface area contributed by atoms with Crippen LogP contribution in [0.2, 0.25) is 0 Å². The highest BCUT2D eigenvalue weighted by molar-refractivity contribution is 7.84. The number of nitrogens with zero attached hydrogens (tertiary/aromatic N) is 2. The fourth-order valence-electron chi connectivity index (χ4n) is 9.54. The maximum Gasteiger partial charge on any atom is 0.469 e. The van der Waals surface area contributed by atoms with Crippen LogP contribution < -0.4 is 38.9 Å². The highest BCUT2D eigenvalue weighted by Crippen LogP contribution is 2.36. The van der Waals surface area contributed by atoms with Gasteiger partial charge in [-0.3, -0.25) is 56.9 Å². The molecule has 0 fully saturated rings. The Morgan fingerprint density at radius 3 is 1.87 bits per heavy atom. The largest absolute Gasteiger partial charge is 0.508 e. The van der Waals surface area contributed by atoms with Crippen LogP contribution in [0.1, 0.15) is 136 Å². The molecular weight excluding hydrogens is 1170 g/mol. The molecule has 87 heavy (non-hydrogen) atoms. The average molecular weight is 1270 g/mol. The van der Waals surface area contributed by atoms with Crippen molar-refractivity contribution in [3.05, 3.63) is 48.0 Å². The molecule has 1 aromatic carbocycles. The van der Waals surface area contributed by atoms with Crippen LogP contribution in [0.4, 0.5) is 0 Å². The molecular formula is C58H93N10O17PS. The number of aliphatic imine (C=N–C) groups is 1. The second kappa shape index (κ2) is 39.6. The van der Waals surface area contributed by atoms with Gasteiger partial charge >= 0.3 is 7.82 Å². The zero-order chi connectivity index (χ0) is 65.6. The normalized spacial score (nSPS) is 15.4. The van der Waals surface area contributed by atoms with Crippen molar-refractivity contribution < 1.29 is 81.2 Å². The molecule has 488 valence electrons. The maximum absolute atomic E-state index is 14.5. The summed E-state index contributed by atoms with van der Waals surface area (Å²) in [6.07, 6.45) is 2.72. The van der Waals surface area contributed by atoms with Gasteiger partial charge in [-0.1, -0.05) is 46.2 Å². The minimum atomic E-state index is -5.16. The van der Waals surface area contributed by atoms with Crippen LogP contribution in [0, 0.1) is 41.4 Å². The second-order valence-corrected chi connectivity index (χ2v) is 25.5. The van der Waals surface area contributed by atoms with E-state index in [1.165, 1.54) is 50.0 Å². The number of rotatable bonds is 47. The lowest BCUT2D eigenvalue weighted by molar-refractivity contribution is -0.137. The number of phosphoric acid groups is 1. The van der Waals surface area contributed by atoms with E-state index in [0.717, 1.165) is 0 Å². The van der Waals surface area contributed by atoms with Gasteiger partial charge in [-0.2, -0.15) is 0 Å². The number of imidazole rings is 1. The number of hydrogen-bond acceptors (Lipinski definition) is 19. The van der Waals surface area contributed by atoms with Crippen molar-refractivity contribution in [2.45, 2.75) is 162 Å². The molecule has 0 aliphatic heterocycles. The third kappa shape index (κ3) is 30.0. The van der Waals surface area contributed by atoms with E-state index < -0.39 is 164 Å². The highest BCUT2D eigenvalue weighted by atomic mass is 32.2. The van der Waals surface area contributed by atoms with Crippen LogP contribution in [0.15, 0.2) is 41.8 Å². The summed E-state index contributed by atoms with van der Waals surface area (Å²) in [7, 11) is -6.55. The number of H-pyrrole nitrogens is 1. The molecule has 16 N–H and O–H groups in total. The lowest BCUT2D eigenvalue weighted by Crippen LogP contribution is -2.50. The third-order valence-corrected chi connectivity index (χ3v) is 16.5. The number of phenolic OH excluding ortho intramolecular Hbond substituents is 1. The van der Waals surface area contributed by atoms with Crippen LogP contribution in [0.3, 0.4) is 0 Å². The number of aromatic nitrogens is 2. The first-order valence-electron chi connectivity index (χ1n) is 29.3. The maximum atomic E-state index is 14.5. The molecule has 0 aliphatic carbocycles. The molecule has 11 atom stereocenters. The Kier molecular flexibility index (Phi) is 35.0. The number of carbonyl (C=O) groups excluding carboxylic acids is 10. The zero-order valence-corrected chi connectivity index (χ0v) is 52.5. The fourth-order valence-corrected chi connectivity index (χ4v) is 10.5. The van der Waals surface area contributed by atoms with Gasteiger partial charge in [-0.15, -0.1) is 0 Å². The Morgan fingerprint density at radius 1 is 0.724 bits per heavy atom. The van der Waals surface area contributed by atoms with Gasteiger partial charge in [0, 0.05) is 110 Å². The number of hydrogen-bond donors (Lipinski definition) is 12. The van der Waals surface area contributed by atoms with Gasteiger partial charge in [-0.05, 0) is 94.4 Å². The van der Waals surface area contributed by atoms with E-state index in [9.17, 15) is 76.7 Å². The predicted octanol–water partition coefficient (Wildman–Crippen LogP) is 1.25. The lowest BCUT2D eigenvalue weighted by Gasteiger charge is -2.27. The molecule has 0 saturated carbocycles. The molecule has 1 aromatic heterocycles. The monoisotopic (exact) mass is 1260 g/mol. The summed E-state index contributed by atoms with van der Waals surface area (Å²) in [6, 6.07) is 0.465. The van der Waals surface area contributed by atoms with Crippen LogP contribution in [-0.4, -0.2) is 161 Å². The Bertz CT molecular complexity index is 2690. The first kappa shape index (κ1) is 76.8. The summed E-state index contributed by atoms with van der Waals surface area (Å²) in [6.45, 7) is 6.59. The summed E-state index contributed by atoms with van der Waals surface area (Å²) in [5.41, 5.74) is 24.0. The van der Waals surface area contributed by atoms with Crippen LogP contribution in [0.5, 0.6) is 5.75 Å². The number of guanidine groups is 1.